The number of carbonyl (C=O) groups excluding carboxylic acids is 2. The normalized spacial score (nSPS) is 14.7. The number of ether oxygens (including phenoxy) is 2. The summed E-state index contributed by atoms with van der Waals surface area (Å²) in [4.78, 5) is 26.5. The Morgan fingerprint density at radius 2 is 1.81 bits per heavy atom. The molecule has 4 rings (SSSR count). The van der Waals surface area contributed by atoms with E-state index in [1.807, 2.05) is 4.57 Å². The van der Waals surface area contributed by atoms with E-state index in [4.69, 9.17) is 27.9 Å². The molecule has 3 aromatic rings. The van der Waals surface area contributed by atoms with Gasteiger partial charge >= 0.3 is 12.3 Å². The maximum atomic E-state index is 13.3. The van der Waals surface area contributed by atoms with Crippen molar-refractivity contribution >= 4 is 46.0 Å². The molecule has 1 aliphatic rings. The highest BCUT2D eigenvalue weighted by atomic mass is 35.5. The number of carbonyl (C=O) groups is 2. The zero-order chi connectivity index (χ0) is 26.9. The van der Waals surface area contributed by atoms with Crippen molar-refractivity contribution in [2.45, 2.75) is 39.1 Å². The van der Waals surface area contributed by atoms with Crippen LogP contribution in [0.1, 0.15) is 40.7 Å². The Balaban J connectivity index is 1.55. The molecule has 37 heavy (non-hydrogen) atoms. The number of methoxy groups -OCH3 is 1. The van der Waals surface area contributed by atoms with Gasteiger partial charge in [-0.2, -0.15) is 0 Å². The van der Waals surface area contributed by atoms with E-state index in [0.29, 0.717) is 65.0 Å². The van der Waals surface area contributed by atoms with Gasteiger partial charge in [0.05, 0.1) is 29.8 Å². The third kappa shape index (κ3) is 6.15. The van der Waals surface area contributed by atoms with Crippen LogP contribution in [0.3, 0.4) is 0 Å². The molecule has 198 valence electrons. The maximum Gasteiger partial charge on any atom is 0.573 e. The van der Waals surface area contributed by atoms with E-state index in [1.165, 1.54) is 19.2 Å². The second-order valence-electron chi connectivity index (χ2n) is 9.07. The van der Waals surface area contributed by atoms with Gasteiger partial charge in [0.15, 0.2) is 0 Å². The Hall–Kier alpha value is -2.91. The molecule has 0 bridgehead atoms. The summed E-state index contributed by atoms with van der Waals surface area (Å²) in [5.74, 6) is -0.608. The first kappa shape index (κ1) is 27.1. The third-order valence-electron chi connectivity index (χ3n) is 6.59. The van der Waals surface area contributed by atoms with Crippen molar-refractivity contribution in [1.29, 1.82) is 0 Å². The van der Waals surface area contributed by atoms with Crippen molar-refractivity contribution < 1.29 is 32.2 Å². The fourth-order valence-corrected chi connectivity index (χ4v) is 5.34. The van der Waals surface area contributed by atoms with Crippen molar-refractivity contribution in [3.63, 3.8) is 0 Å². The topological polar surface area (TPSA) is 60.8 Å². The van der Waals surface area contributed by atoms with E-state index in [0.717, 1.165) is 0 Å². The average molecular weight is 557 g/mol. The van der Waals surface area contributed by atoms with Gasteiger partial charge in [0.2, 0.25) is 0 Å². The lowest BCUT2D eigenvalue weighted by Crippen LogP contribution is -2.39. The van der Waals surface area contributed by atoms with E-state index >= 15 is 0 Å². The lowest BCUT2D eigenvalue weighted by molar-refractivity contribution is -0.274. The molecule has 0 spiro atoms. The van der Waals surface area contributed by atoms with Crippen LogP contribution in [-0.2, 0) is 16.1 Å². The van der Waals surface area contributed by atoms with Gasteiger partial charge in [0.25, 0.3) is 5.91 Å². The number of esters is 1. The summed E-state index contributed by atoms with van der Waals surface area (Å²) in [5.41, 5.74) is 2.13. The molecule has 2 heterocycles. The number of benzene rings is 2. The maximum absolute atomic E-state index is 13.3. The smallest absolute Gasteiger partial charge is 0.469 e. The fraction of sp³-hybridized carbons (Fsp3) is 0.385. The number of likely N-dealkylation sites (tertiary alicyclic amines) is 1. The number of hydrogen-bond donors (Lipinski definition) is 0. The first-order valence-corrected chi connectivity index (χ1v) is 12.4. The summed E-state index contributed by atoms with van der Waals surface area (Å²) in [6, 6.07) is 7.53. The molecule has 0 radical (unpaired) electrons. The van der Waals surface area contributed by atoms with Gasteiger partial charge in [-0.15, -0.1) is 13.2 Å². The second kappa shape index (κ2) is 10.8. The minimum absolute atomic E-state index is 0.167. The summed E-state index contributed by atoms with van der Waals surface area (Å²) in [5, 5.41) is 1.16. The number of amides is 1. The molecule has 6 nitrogen and oxygen atoms in total. The Bertz CT molecular complexity index is 1330. The Morgan fingerprint density at radius 3 is 2.46 bits per heavy atom. The SMILES string of the molecule is COC(=O)CC1CCN(C(=O)c2ccc(Cl)c(Cn3ccc4cc(OC(F)(F)F)cc(C)c43)c2Cl)CC1. The lowest BCUT2D eigenvalue weighted by Gasteiger charge is -2.32. The van der Waals surface area contributed by atoms with Crippen LogP contribution < -0.4 is 4.74 Å². The van der Waals surface area contributed by atoms with Crippen LogP contribution in [0.5, 0.6) is 5.75 Å². The molecule has 11 heteroatoms. The first-order chi connectivity index (χ1) is 17.5. The van der Waals surface area contributed by atoms with Crippen molar-refractivity contribution in [3.8, 4) is 5.75 Å². The van der Waals surface area contributed by atoms with Gasteiger partial charge in [-0.1, -0.05) is 23.2 Å². The highest BCUT2D eigenvalue weighted by molar-refractivity contribution is 6.38. The van der Waals surface area contributed by atoms with Crippen molar-refractivity contribution in [3.05, 3.63) is 63.3 Å². The highest BCUT2D eigenvalue weighted by Crippen LogP contribution is 2.34. The molecule has 0 saturated carbocycles. The van der Waals surface area contributed by atoms with Crippen LogP contribution in [0, 0.1) is 12.8 Å². The summed E-state index contributed by atoms with van der Waals surface area (Å²) in [6.07, 6.45) is -1.35. The number of fused-ring (bicyclic) bond motifs is 1. The van der Waals surface area contributed by atoms with Crippen LogP contribution >= 0.6 is 23.2 Å². The molecule has 0 unspecified atom stereocenters. The number of alkyl halides is 3. The minimum atomic E-state index is -4.78. The van der Waals surface area contributed by atoms with E-state index in [2.05, 4.69) is 4.74 Å². The molecule has 1 aliphatic heterocycles. The molecule has 0 aliphatic carbocycles. The number of rotatable bonds is 6. The standard InChI is InChI=1S/C26H25Cl2F3N2O4/c1-15-11-18(37-26(29,30)31)13-17-7-10-33(24(15)17)14-20-21(27)4-3-19(23(20)28)25(35)32-8-5-16(6-9-32)12-22(34)36-2/h3-4,7,10-11,13,16H,5-6,8-9,12,14H2,1-2H3. The Morgan fingerprint density at radius 1 is 1.11 bits per heavy atom. The van der Waals surface area contributed by atoms with Gasteiger partial charge in [0, 0.05) is 41.7 Å². The Kier molecular flexibility index (Phi) is 7.94. The average Bonchev–Trinajstić information content (AvgIpc) is 3.23. The zero-order valence-electron chi connectivity index (χ0n) is 20.2. The molecule has 0 N–H and O–H groups in total. The Labute approximate surface area is 221 Å². The number of piperidine rings is 1. The predicted molar refractivity (Wildman–Crippen MR) is 134 cm³/mol. The minimum Gasteiger partial charge on any atom is -0.469 e. The second-order valence-corrected chi connectivity index (χ2v) is 9.86. The van der Waals surface area contributed by atoms with Crippen LogP contribution in [0.4, 0.5) is 13.2 Å². The molecule has 1 aromatic heterocycles. The quantitative estimate of drug-likeness (QED) is 0.320. The predicted octanol–water partition coefficient (Wildman–Crippen LogP) is 6.62. The molecule has 1 fully saturated rings. The lowest BCUT2D eigenvalue weighted by atomic mass is 9.93. The van der Waals surface area contributed by atoms with E-state index in [1.54, 1.807) is 36.2 Å². The van der Waals surface area contributed by atoms with Crippen molar-refractivity contribution in [2.75, 3.05) is 20.2 Å². The molecular formula is C26H25Cl2F3N2O4. The molecule has 0 atom stereocenters. The van der Waals surface area contributed by atoms with Gasteiger partial charge in [-0.05, 0) is 61.6 Å². The zero-order valence-corrected chi connectivity index (χ0v) is 21.7. The van der Waals surface area contributed by atoms with Gasteiger partial charge in [0.1, 0.15) is 5.75 Å². The van der Waals surface area contributed by atoms with Crippen molar-refractivity contribution in [2.24, 2.45) is 5.92 Å². The van der Waals surface area contributed by atoms with Crippen LogP contribution in [-0.4, -0.2) is 47.9 Å². The van der Waals surface area contributed by atoms with Gasteiger partial charge in [-0.25, -0.2) is 0 Å². The molecule has 2 aromatic carbocycles. The number of aromatic nitrogens is 1. The van der Waals surface area contributed by atoms with Crippen LogP contribution in [0.2, 0.25) is 10.0 Å². The highest BCUT2D eigenvalue weighted by Gasteiger charge is 2.31. The monoisotopic (exact) mass is 556 g/mol. The fourth-order valence-electron chi connectivity index (χ4n) is 4.77. The summed E-state index contributed by atoms with van der Waals surface area (Å²) >= 11 is 13.2. The van der Waals surface area contributed by atoms with Crippen molar-refractivity contribution in [1.82, 2.24) is 9.47 Å². The van der Waals surface area contributed by atoms with E-state index in [-0.39, 0.29) is 35.1 Å². The van der Waals surface area contributed by atoms with Gasteiger partial charge in [-0.3, -0.25) is 9.59 Å². The number of halogens is 5. The molecule has 1 amide bonds. The molecular weight excluding hydrogens is 532 g/mol. The number of hydrogen-bond acceptors (Lipinski definition) is 4. The molecule has 1 saturated heterocycles. The summed E-state index contributed by atoms with van der Waals surface area (Å²) < 4.78 is 48.6. The largest absolute Gasteiger partial charge is 0.573 e. The van der Waals surface area contributed by atoms with E-state index in [9.17, 15) is 22.8 Å². The first-order valence-electron chi connectivity index (χ1n) is 11.6. The number of nitrogens with zero attached hydrogens (tertiary/aromatic N) is 2. The van der Waals surface area contributed by atoms with Gasteiger partial charge < -0.3 is 18.9 Å². The summed E-state index contributed by atoms with van der Waals surface area (Å²) in [7, 11) is 1.36. The van der Waals surface area contributed by atoms with Crippen LogP contribution in [0.25, 0.3) is 10.9 Å². The summed E-state index contributed by atoms with van der Waals surface area (Å²) in [6.45, 7) is 2.90. The third-order valence-corrected chi connectivity index (χ3v) is 7.37. The number of aryl methyl sites for hydroxylation is 1. The van der Waals surface area contributed by atoms with E-state index < -0.39 is 6.36 Å². The van der Waals surface area contributed by atoms with Crippen LogP contribution in [0.15, 0.2) is 36.5 Å².